The Balaban J connectivity index is 1.62. The quantitative estimate of drug-likeness (QED) is 0.461. The van der Waals surface area contributed by atoms with Crippen LogP contribution in [0, 0.1) is 0 Å². The topological polar surface area (TPSA) is 79.5 Å². The summed E-state index contributed by atoms with van der Waals surface area (Å²) >= 11 is -0.259. The third-order valence-electron chi connectivity index (χ3n) is 5.06. The average Bonchev–Trinajstić information content (AvgIpc) is 2.93. The molecule has 160 valence electrons. The number of nitrogen functional groups attached to an aromatic ring is 1. The van der Waals surface area contributed by atoms with Gasteiger partial charge >= 0.3 is 11.5 Å². The molecule has 31 heavy (non-hydrogen) atoms. The second-order valence-corrected chi connectivity index (χ2v) is 8.15. The Bertz CT molecular complexity index is 1170. The highest BCUT2D eigenvalue weighted by atomic mass is 32.2. The zero-order chi connectivity index (χ0) is 22.3. The normalized spacial score (nSPS) is 17.1. The number of para-hydroxylation sites is 1. The fourth-order valence-electron chi connectivity index (χ4n) is 3.51. The molecule has 0 saturated carbocycles. The molecule has 1 aliphatic rings. The van der Waals surface area contributed by atoms with E-state index in [0.717, 1.165) is 10.3 Å². The van der Waals surface area contributed by atoms with Gasteiger partial charge in [0.1, 0.15) is 6.04 Å². The van der Waals surface area contributed by atoms with Crippen molar-refractivity contribution < 1.29 is 22.8 Å². The number of benzene rings is 2. The number of nitrogens with two attached hydrogens (primary N) is 1. The molecule has 2 aromatic carbocycles. The van der Waals surface area contributed by atoms with Gasteiger partial charge < -0.3 is 10.6 Å². The van der Waals surface area contributed by atoms with Crippen molar-refractivity contribution in [3.05, 3.63) is 60.3 Å². The smallest absolute Gasteiger partial charge is 0.397 e. The first kappa shape index (κ1) is 21.0. The first-order valence-corrected chi connectivity index (χ1v) is 10.1. The highest BCUT2D eigenvalue weighted by Crippen LogP contribution is 2.38. The number of alkyl halides is 3. The molecule has 2 N–H and O–H groups in total. The Kier molecular flexibility index (Phi) is 5.26. The van der Waals surface area contributed by atoms with E-state index < -0.39 is 23.5 Å². The van der Waals surface area contributed by atoms with Crippen LogP contribution in [0.4, 0.5) is 29.3 Å². The van der Waals surface area contributed by atoms with E-state index in [1.54, 1.807) is 6.92 Å². The number of hydrogen-bond donors (Lipinski definition) is 1. The third kappa shape index (κ3) is 4.02. The average molecular weight is 446 g/mol. The Morgan fingerprint density at radius 1 is 1.10 bits per heavy atom. The van der Waals surface area contributed by atoms with Crippen molar-refractivity contribution in [1.29, 1.82) is 0 Å². The van der Waals surface area contributed by atoms with Gasteiger partial charge in [-0.25, -0.2) is 9.69 Å². The molecule has 1 saturated heterocycles. The molecule has 1 unspecified atom stereocenters. The van der Waals surface area contributed by atoms with Crippen molar-refractivity contribution in [3.63, 3.8) is 0 Å². The van der Waals surface area contributed by atoms with Gasteiger partial charge in [0, 0.05) is 15.8 Å². The third-order valence-corrected chi connectivity index (χ3v) is 5.80. The maximum absolute atomic E-state index is 13.1. The predicted octanol–water partition coefficient (Wildman–Crippen LogP) is 4.79. The zero-order valence-corrected chi connectivity index (χ0v) is 17.1. The van der Waals surface area contributed by atoms with Crippen LogP contribution in [0.3, 0.4) is 0 Å². The van der Waals surface area contributed by atoms with E-state index >= 15 is 0 Å². The van der Waals surface area contributed by atoms with Gasteiger partial charge in [-0.1, -0.05) is 18.2 Å². The second-order valence-electron chi connectivity index (χ2n) is 7.01. The molecule has 0 spiro atoms. The van der Waals surface area contributed by atoms with E-state index in [9.17, 15) is 22.8 Å². The van der Waals surface area contributed by atoms with Gasteiger partial charge in [0.2, 0.25) is 0 Å². The number of fused-ring (bicyclic) bond motifs is 1. The van der Waals surface area contributed by atoms with E-state index in [1.165, 1.54) is 35.4 Å². The van der Waals surface area contributed by atoms with Crippen LogP contribution in [-0.4, -0.2) is 33.4 Å². The van der Waals surface area contributed by atoms with E-state index in [4.69, 9.17) is 5.73 Å². The molecule has 1 aromatic heterocycles. The molecule has 1 atom stereocenters. The van der Waals surface area contributed by atoms with E-state index in [0.29, 0.717) is 16.8 Å². The Labute approximate surface area is 179 Å². The molecule has 10 heteroatoms. The fourth-order valence-corrected chi connectivity index (χ4v) is 4.05. The SMILES string of the molecule is CC1C(=O)N(c2ccc(SC(F)(F)F)cc2)C(=O)N1Cc1c(N)cnc2ccccc12. The Morgan fingerprint density at radius 3 is 2.45 bits per heavy atom. The molecule has 0 bridgehead atoms. The number of nitrogens with zero attached hydrogens (tertiary/aromatic N) is 3. The molecule has 0 radical (unpaired) electrons. The largest absolute Gasteiger partial charge is 0.446 e. The van der Waals surface area contributed by atoms with Gasteiger partial charge in [-0.2, -0.15) is 13.2 Å². The van der Waals surface area contributed by atoms with Gasteiger partial charge in [0.15, 0.2) is 0 Å². The van der Waals surface area contributed by atoms with Gasteiger partial charge in [-0.05, 0) is 49.0 Å². The number of aromatic nitrogens is 1. The maximum atomic E-state index is 13.1. The number of rotatable bonds is 4. The number of carbonyl (C=O) groups excluding carboxylic acids is 2. The van der Waals surface area contributed by atoms with Crippen LogP contribution in [-0.2, 0) is 11.3 Å². The summed E-state index contributed by atoms with van der Waals surface area (Å²) in [4.78, 5) is 32.5. The molecule has 4 rings (SSSR count). The first-order valence-electron chi connectivity index (χ1n) is 9.28. The van der Waals surface area contributed by atoms with Gasteiger partial charge in [-0.15, -0.1) is 0 Å². The number of thioether (sulfide) groups is 1. The van der Waals surface area contributed by atoms with Crippen LogP contribution in [0.5, 0.6) is 0 Å². The number of pyridine rings is 1. The Morgan fingerprint density at radius 2 is 1.77 bits per heavy atom. The zero-order valence-electron chi connectivity index (χ0n) is 16.3. The van der Waals surface area contributed by atoms with E-state index in [2.05, 4.69) is 4.98 Å². The summed E-state index contributed by atoms with van der Waals surface area (Å²) in [6.07, 6.45) is 1.51. The highest BCUT2D eigenvalue weighted by Gasteiger charge is 2.43. The molecular formula is C21H17F3N4O2S. The number of halogens is 3. The van der Waals surface area contributed by atoms with Crippen LogP contribution in [0.25, 0.3) is 10.9 Å². The lowest BCUT2D eigenvalue weighted by Gasteiger charge is -2.21. The standard InChI is InChI=1S/C21H17F3N4O2S/c1-12-19(29)28(13-6-8-14(9-7-13)31-21(22,23)24)20(30)27(12)11-16-15-4-2-3-5-18(15)26-10-17(16)25/h2-10,12H,11,25H2,1H3. The minimum Gasteiger partial charge on any atom is -0.397 e. The van der Waals surface area contributed by atoms with Crippen LogP contribution >= 0.6 is 11.8 Å². The summed E-state index contributed by atoms with van der Waals surface area (Å²) in [5.74, 6) is -0.460. The lowest BCUT2D eigenvalue weighted by Crippen LogP contribution is -2.33. The summed E-state index contributed by atoms with van der Waals surface area (Å²) < 4.78 is 37.6. The van der Waals surface area contributed by atoms with Crippen LogP contribution < -0.4 is 10.6 Å². The lowest BCUT2D eigenvalue weighted by molar-refractivity contribution is -0.119. The van der Waals surface area contributed by atoms with Crippen LogP contribution in [0.2, 0.25) is 0 Å². The molecule has 0 aliphatic carbocycles. The number of hydrogen-bond acceptors (Lipinski definition) is 5. The summed E-state index contributed by atoms with van der Waals surface area (Å²) in [6, 6.07) is 11.1. The maximum Gasteiger partial charge on any atom is 0.446 e. The molecule has 2 heterocycles. The van der Waals surface area contributed by atoms with Crippen molar-refractivity contribution in [3.8, 4) is 0 Å². The monoisotopic (exact) mass is 446 g/mol. The van der Waals surface area contributed by atoms with Crippen molar-refractivity contribution in [2.75, 3.05) is 10.6 Å². The van der Waals surface area contributed by atoms with Gasteiger partial charge in [0.05, 0.1) is 29.6 Å². The molecule has 3 amide bonds. The second kappa shape index (κ2) is 7.77. The van der Waals surface area contributed by atoms with E-state index in [1.807, 2.05) is 24.3 Å². The fraction of sp³-hybridized carbons (Fsp3) is 0.190. The highest BCUT2D eigenvalue weighted by molar-refractivity contribution is 8.00. The number of urea groups is 1. The first-order chi connectivity index (χ1) is 14.7. The number of amides is 3. The van der Waals surface area contributed by atoms with Crippen molar-refractivity contribution in [2.45, 2.75) is 29.9 Å². The number of imide groups is 1. The van der Waals surface area contributed by atoms with Gasteiger partial charge in [0.25, 0.3) is 5.91 Å². The van der Waals surface area contributed by atoms with Crippen molar-refractivity contribution in [2.24, 2.45) is 0 Å². The molecule has 1 aliphatic heterocycles. The molecular weight excluding hydrogens is 429 g/mol. The summed E-state index contributed by atoms with van der Waals surface area (Å²) in [5.41, 5.74) is 3.70. The molecule has 3 aromatic rings. The lowest BCUT2D eigenvalue weighted by atomic mass is 10.1. The predicted molar refractivity (Wildman–Crippen MR) is 112 cm³/mol. The Hall–Kier alpha value is -3.27. The summed E-state index contributed by atoms with van der Waals surface area (Å²) in [5, 5.41) is 0.780. The molecule has 6 nitrogen and oxygen atoms in total. The van der Waals surface area contributed by atoms with Gasteiger partial charge in [-0.3, -0.25) is 9.78 Å². The number of anilines is 2. The molecule has 1 fully saturated rings. The minimum absolute atomic E-state index is 0.0312. The van der Waals surface area contributed by atoms with Crippen molar-refractivity contribution in [1.82, 2.24) is 9.88 Å². The van der Waals surface area contributed by atoms with Crippen molar-refractivity contribution >= 4 is 46.0 Å². The summed E-state index contributed by atoms with van der Waals surface area (Å²) in [7, 11) is 0. The number of carbonyl (C=O) groups is 2. The van der Waals surface area contributed by atoms with Crippen LogP contribution in [0.1, 0.15) is 12.5 Å². The van der Waals surface area contributed by atoms with E-state index in [-0.39, 0.29) is 28.9 Å². The van der Waals surface area contributed by atoms with Crippen LogP contribution in [0.15, 0.2) is 59.6 Å². The summed E-state index contributed by atoms with van der Waals surface area (Å²) in [6.45, 7) is 1.70. The minimum atomic E-state index is -4.42.